The first-order chi connectivity index (χ1) is 13.9. The van der Waals surface area contributed by atoms with Gasteiger partial charge in [0.1, 0.15) is 12.4 Å². The summed E-state index contributed by atoms with van der Waals surface area (Å²) in [6.07, 6.45) is 7.16. The van der Waals surface area contributed by atoms with Gasteiger partial charge in [0.25, 0.3) is 0 Å². The molecule has 0 bridgehead atoms. The zero-order valence-electron chi connectivity index (χ0n) is 15.6. The van der Waals surface area contributed by atoms with Crippen LogP contribution in [-0.4, -0.2) is 35.1 Å². The summed E-state index contributed by atoms with van der Waals surface area (Å²) in [4.78, 5) is 13.4. The Kier molecular flexibility index (Phi) is 4.62. The molecule has 6 nitrogen and oxygen atoms in total. The number of nitrogens with one attached hydrogen (secondary N) is 1. The van der Waals surface area contributed by atoms with Crippen molar-refractivity contribution >= 4 is 22.3 Å². The van der Waals surface area contributed by atoms with Crippen molar-refractivity contribution in [1.82, 2.24) is 9.97 Å². The lowest BCUT2D eigenvalue weighted by molar-refractivity contribution is -0.0116. The van der Waals surface area contributed by atoms with Gasteiger partial charge in [-0.25, -0.2) is 4.98 Å². The Labute approximate surface area is 163 Å². The molecule has 1 aromatic carbocycles. The first kappa shape index (κ1) is 17.1. The van der Waals surface area contributed by atoms with E-state index in [0.29, 0.717) is 19.0 Å². The van der Waals surface area contributed by atoms with Gasteiger partial charge in [-0.2, -0.15) is 0 Å². The van der Waals surface area contributed by atoms with Crippen molar-refractivity contribution in [3.05, 3.63) is 60.0 Å². The van der Waals surface area contributed by atoms with Crippen LogP contribution in [0.2, 0.25) is 0 Å². The minimum Gasteiger partial charge on any atom is -0.474 e. The van der Waals surface area contributed by atoms with Gasteiger partial charge < -0.3 is 14.8 Å². The Hall–Kier alpha value is -2.99. The molecule has 28 heavy (non-hydrogen) atoms. The molecule has 2 aliphatic heterocycles. The van der Waals surface area contributed by atoms with E-state index < -0.39 is 0 Å². The van der Waals surface area contributed by atoms with Crippen molar-refractivity contribution in [3.8, 4) is 5.88 Å². The van der Waals surface area contributed by atoms with Crippen LogP contribution in [0.4, 0.5) is 5.69 Å². The highest BCUT2D eigenvalue weighted by atomic mass is 16.5. The van der Waals surface area contributed by atoms with Crippen LogP contribution in [0.5, 0.6) is 5.88 Å². The highest BCUT2D eigenvalue weighted by molar-refractivity contribution is 6.11. The number of rotatable bonds is 4. The minimum atomic E-state index is 0.167. The van der Waals surface area contributed by atoms with Gasteiger partial charge in [0, 0.05) is 35.6 Å². The molecule has 0 spiro atoms. The summed E-state index contributed by atoms with van der Waals surface area (Å²) in [5.74, 6) is 1.52. The Bertz CT molecular complexity index is 1030. The number of anilines is 1. The summed E-state index contributed by atoms with van der Waals surface area (Å²) in [5, 5.41) is 5.49. The largest absolute Gasteiger partial charge is 0.474 e. The smallest absolute Gasteiger partial charge is 0.221 e. The standard InChI is InChI=1S/C22H22N4O2/c1-2-11-27-17(4-1)14-28-22-18-7-6-16(12-15(18)8-10-24-22)26-21-19-5-3-9-23-20(19)13-25-21/h3,5-10,12,17H,1-2,4,11,13-14H2,(H,25,26). The molecule has 1 N–H and O–H groups in total. The lowest BCUT2D eigenvalue weighted by Crippen LogP contribution is -2.26. The van der Waals surface area contributed by atoms with Crippen molar-refractivity contribution in [1.29, 1.82) is 0 Å². The molecule has 0 radical (unpaired) electrons. The molecule has 0 aliphatic carbocycles. The summed E-state index contributed by atoms with van der Waals surface area (Å²) in [7, 11) is 0. The molecule has 1 saturated heterocycles. The third-order valence-corrected chi connectivity index (χ3v) is 5.20. The molecule has 1 fully saturated rings. The van der Waals surface area contributed by atoms with E-state index in [9.17, 15) is 0 Å². The van der Waals surface area contributed by atoms with Gasteiger partial charge in [0.15, 0.2) is 0 Å². The Morgan fingerprint density at radius 1 is 1.11 bits per heavy atom. The SMILES string of the molecule is c1cnc2c(c1)C(Nc1ccc3c(OCC4CCCCO4)nccc3c1)=NC2. The summed E-state index contributed by atoms with van der Waals surface area (Å²) in [6, 6.07) is 12.2. The number of amidine groups is 1. The lowest BCUT2D eigenvalue weighted by atomic mass is 10.1. The van der Waals surface area contributed by atoms with Crippen LogP contribution in [0.1, 0.15) is 30.5 Å². The number of hydrogen-bond donors (Lipinski definition) is 1. The molecule has 6 heteroatoms. The average molecular weight is 374 g/mol. The van der Waals surface area contributed by atoms with Crippen LogP contribution in [0.15, 0.2) is 53.8 Å². The summed E-state index contributed by atoms with van der Waals surface area (Å²) >= 11 is 0. The molecule has 5 rings (SSSR count). The van der Waals surface area contributed by atoms with E-state index >= 15 is 0 Å². The summed E-state index contributed by atoms with van der Waals surface area (Å²) in [5.41, 5.74) is 3.06. The second-order valence-corrected chi connectivity index (χ2v) is 7.14. The van der Waals surface area contributed by atoms with E-state index in [-0.39, 0.29) is 6.10 Å². The molecule has 2 aliphatic rings. The highest BCUT2D eigenvalue weighted by Crippen LogP contribution is 2.27. The van der Waals surface area contributed by atoms with Crippen LogP contribution >= 0.6 is 0 Å². The van der Waals surface area contributed by atoms with E-state index in [2.05, 4.69) is 26.3 Å². The van der Waals surface area contributed by atoms with E-state index in [1.54, 1.807) is 12.4 Å². The zero-order chi connectivity index (χ0) is 18.8. The fraction of sp³-hybridized carbons (Fsp3) is 0.318. The first-order valence-corrected chi connectivity index (χ1v) is 9.76. The third kappa shape index (κ3) is 3.43. The second-order valence-electron chi connectivity index (χ2n) is 7.14. The van der Waals surface area contributed by atoms with Crippen LogP contribution in [0, 0.1) is 0 Å². The number of aromatic nitrogens is 2. The van der Waals surface area contributed by atoms with E-state index in [0.717, 1.165) is 53.0 Å². The first-order valence-electron chi connectivity index (χ1n) is 9.76. The number of fused-ring (bicyclic) bond motifs is 2. The quantitative estimate of drug-likeness (QED) is 0.749. The Morgan fingerprint density at radius 2 is 2.11 bits per heavy atom. The minimum absolute atomic E-state index is 0.167. The van der Waals surface area contributed by atoms with Crippen molar-refractivity contribution in [3.63, 3.8) is 0 Å². The van der Waals surface area contributed by atoms with E-state index in [4.69, 9.17) is 9.47 Å². The monoisotopic (exact) mass is 374 g/mol. The van der Waals surface area contributed by atoms with Crippen molar-refractivity contribution in [2.75, 3.05) is 18.5 Å². The molecule has 3 aromatic rings. The number of nitrogens with zero attached hydrogens (tertiary/aromatic N) is 3. The van der Waals surface area contributed by atoms with Gasteiger partial charge in [-0.3, -0.25) is 9.98 Å². The summed E-state index contributed by atoms with van der Waals surface area (Å²) in [6.45, 7) is 2.00. The van der Waals surface area contributed by atoms with E-state index in [1.165, 1.54) is 6.42 Å². The molecular weight excluding hydrogens is 352 g/mol. The number of aliphatic imine (C=N–C) groups is 1. The predicted octanol–water partition coefficient (Wildman–Crippen LogP) is 3.95. The number of ether oxygens (including phenoxy) is 2. The van der Waals surface area contributed by atoms with Gasteiger partial charge in [-0.1, -0.05) is 0 Å². The fourth-order valence-corrected chi connectivity index (χ4v) is 3.72. The van der Waals surface area contributed by atoms with E-state index in [1.807, 2.05) is 30.3 Å². The molecule has 142 valence electrons. The lowest BCUT2D eigenvalue weighted by Gasteiger charge is -2.22. The maximum absolute atomic E-state index is 5.99. The maximum atomic E-state index is 5.99. The molecule has 1 unspecified atom stereocenters. The van der Waals surface area contributed by atoms with Gasteiger partial charge in [0.2, 0.25) is 5.88 Å². The molecule has 4 heterocycles. The molecule has 0 amide bonds. The van der Waals surface area contributed by atoms with Crippen LogP contribution in [0.25, 0.3) is 10.8 Å². The highest BCUT2D eigenvalue weighted by Gasteiger charge is 2.17. The van der Waals surface area contributed by atoms with Crippen molar-refractivity contribution in [2.45, 2.75) is 31.9 Å². The fourth-order valence-electron chi connectivity index (χ4n) is 3.72. The number of hydrogen-bond acceptors (Lipinski definition) is 6. The topological polar surface area (TPSA) is 68.6 Å². The van der Waals surface area contributed by atoms with Gasteiger partial charge in [-0.15, -0.1) is 0 Å². The zero-order valence-corrected chi connectivity index (χ0v) is 15.6. The van der Waals surface area contributed by atoms with Crippen LogP contribution in [0.3, 0.4) is 0 Å². The normalized spacial score (nSPS) is 18.6. The van der Waals surface area contributed by atoms with Crippen LogP contribution < -0.4 is 10.1 Å². The third-order valence-electron chi connectivity index (χ3n) is 5.20. The van der Waals surface area contributed by atoms with Gasteiger partial charge in [-0.05, 0) is 61.0 Å². The molecule has 1 atom stereocenters. The Morgan fingerprint density at radius 3 is 3.04 bits per heavy atom. The van der Waals surface area contributed by atoms with Crippen molar-refractivity contribution < 1.29 is 9.47 Å². The molecule has 2 aromatic heterocycles. The molecular formula is C22H22N4O2. The van der Waals surface area contributed by atoms with Crippen LogP contribution in [-0.2, 0) is 11.3 Å². The number of pyridine rings is 2. The second kappa shape index (κ2) is 7.56. The number of benzene rings is 1. The van der Waals surface area contributed by atoms with Gasteiger partial charge >= 0.3 is 0 Å². The molecule has 0 saturated carbocycles. The maximum Gasteiger partial charge on any atom is 0.221 e. The Balaban J connectivity index is 1.34. The predicted molar refractivity (Wildman–Crippen MR) is 109 cm³/mol. The van der Waals surface area contributed by atoms with Gasteiger partial charge in [0.05, 0.1) is 18.3 Å². The van der Waals surface area contributed by atoms with Crippen molar-refractivity contribution in [2.24, 2.45) is 4.99 Å². The average Bonchev–Trinajstić information content (AvgIpc) is 3.16. The summed E-state index contributed by atoms with van der Waals surface area (Å²) < 4.78 is 11.7.